The molecule has 132 valence electrons. The Labute approximate surface area is 141 Å². The SMILES string of the molecule is Cc1ccc(S(=O)(=O)NC[C@H]2CCc3nc(C(F)(F)F)cn3C2)s1. The van der Waals surface area contributed by atoms with Gasteiger partial charge < -0.3 is 4.57 Å². The average Bonchev–Trinajstić information content (AvgIpc) is 3.10. The molecular formula is C14H16F3N3O2S2. The molecule has 2 aromatic rings. The van der Waals surface area contributed by atoms with Gasteiger partial charge in [-0.3, -0.25) is 0 Å². The third-order valence-corrected chi connectivity index (χ3v) is 6.84. The lowest BCUT2D eigenvalue weighted by Gasteiger charge is -2.23. The normalized spacial score (nSPS) is 18.6. The molecule has 1 aliphatic heterocycles. The molecule has 0 unspecified atom stereocenters. The van der Waals surface area contributed by atoms with Crippen molar-refractivity contribution in [1.29, 1.82) is 0 Å². The second kappa shape index (κ2) is 6.16. The number of rotatable bonds is 4. The highest BCUT2D eigenvalue weighted by Crippen LogP contribution is 2.30. The molecular weight excluding hydrogens is 363 g/mol. The summed E-state index contributed by atoms with van der Waals surface area (Å²) in [6.45, 7) is 2.34. The van der Waals surface area contributed by atoms with E-state index in [0.29, 0.717) is 25.2 Å². The summed E-state index contributed by atoms with van der Waals surface area (Å²) in [6, 6.07) is 3.28. The minimum absolute atomic E-state index is 0.0661. The Bertz CT molecular complexity index is 840. The smallest absolute Gasteiger partial charge is 0.334 e. The highest BCUT2D eigenvalue weighted by Gasteiger charge is 2.35. The maximum Gasteiger partial charge on any atom is 0.434 e. The lowest BCUT2D eigenvalue weighted by atomic mass is 10.00. The van der Waals surface area contributed by atoms with Crippen LogP contribution in [0, 0.1) is 12.8 Å². The molecule has 24 heavy (non-hydrogen) atoms. The molecule has 0 saturated heterocycles. The van der Waals surface area contributed by atoms with Crippen molar-refractivity contribution in [2.24, 2.45) is 5.92 Å². The van der Waals surface area contributed by atoms with Crippen LogP contribution in [0.1, 0.15) is 22.8 Å². The van der Waals surface area contributed by atoms with E-state index in [1.807, 2.05) is 6.92 Å². The monoisotopic (exact) mass is 379 g/mol. The molecule has 0 saturated carbocycles. The number of aromatic nitrogens is 2. The summed E-state index contributed by atoms with van der Waals surface area (Å²) in [5.41, 5.74) is -0.896. The summed E-state index contributed by atoms with van der Waals surface area (Å²) in [5.74, 6) is 0.332. The Morgan fingerprint density at radius 3 is 2.79 bits per heavy atom. The lowest BCUT2D eigenvalue weighted by molar-refractivity contribution is -0.141. The van der Waals surface area contributed by atoms with Crippen molar-refractivity contribution in [2.75, 3.05) is 6.54 Å². The molecule has 5 nitrogen and oxygen atoms in total. The van der Waals surface area contributed by atoms with Gasteiger partial charge in [0.05, 0.1) is 0 Å². The van der Waals surface area contributed by atoms with E-state index in [-0.39, 0.29) is 16.7 Å². The fourth-order valence-electron chi connectivity index (χ4n) is 2.67. The van der Waals surface area contributed by atoms with Crippen LogP contribution in [0.2, 0.25) is 0 Å². The number of nitrogens with one attached hydrogen (secondary N) is 1. The van der Waals surface area contributed by atoms with Crippen molar-refractivity contribution in [3.8, 4) is 0 Å². The summed E-state index contributed by atoms with van der Waals surface area (Å²) < 4.78 is 66.8. The van der Waals surface area contributed by atoms with Crippen LogP contribution in [0.3, 0.4) is 0 Å². The van der Waals surface area contributed by atoms with Crippen LogP contribution < -0.4 is 4.72 Å². The van der Waals surface area contributed by atoms with Crippen molar-refractivity contribution in [3.05, 3.63) is 34.7 Å². The summed E-state index contributed by atoms with van der Waals surface area (Å²) in [6.07, 6.45) is -2.46. The predicted molar refractivity (Wildman–Crippen MR) is 83.3 cm³/mol. The Balaban J connectivity index is 1.65. The van der Waals surface area contributed by atoms with Gasteiger partial charge >= 0.3 is 6.18 Å². The first-order valence-corrected chi connectivity index (χ1v) is 9.64. The van der Waals surface area contributed by atoms with Gasteiger partial charge in [0.15, 0.2) is 5.69 Å². The zero-order chi connectivity index (χ0) is 17.5. The quantitative estimate of drug-likeness (QED) is 0.889. The number of hydrogen-bond donors (Lipinski definition) is 1. The largest absolute Gasteiger partial charge is 0.434 e. The molecule has 0 spiro atoms. The van der Waals surface area contributed by atoms with Gasteiger partial charge in [0, 0.05) is 30.6 Å². The van der Waals surface area contributed by atoms with Crippen molar-refractivity contribution >= 4 is 21.4 Å². The third-order valence-electron chi connectivity index (χ3n) is 3.92. The van der Waals surface area contributed by atoms with Gasteiger partial charge in [-0.25, -0.2) is 18.1 Å². The lowest BCUT2D eigenvalue weighted by Crippen LogP contribution is -2.33. The molecule has 2 aromatic heterocycles. The summed E-state index contributed by atoms with van der Waals surface area (Å²) in [4.78, 5) is 4.52. The number of hydrogen-bond acceptors (Lipinski definition) is 4. The molecule has 0 aliphatic carbocycles. The number of thiophene rings is 1. The molecule has 0 fully saturated rings. The molecule has 0 bridgehead atoms. The van der Waals surface area contributed by atoms with E-state index < -0.39 is 21.9 Å². The number of halogens is 3. The van der Waals surface area contributed by atoms with Crippen LogP contribution >= 0.6 is 11.3 Å². The zero-order valence-electron chi connectivity index (χ0n) is 12.8. The minimum atomic E-state index is -4.46. The maximum atomic E-state index is 12.7. The van der Waals surface area contributed by atoms with Gasteiger partial charge in [-0.1, -0.05) is 0 Å². The first-order chi connectivity index (χ1) is 11.1. The van der Waals surface area contributed by atoms with E-state index in [1.54, 1.807) is 12.1 Å². The Kier molecular flexibility index (Phi) is 4.47. The summed E-state index contributed by atoms with van der Waals surface area (Å²) in [7, 11) is -3.57. The van der Waals surface area contributed by atoms with E-state index in [4.69, 9.17) is 0 Å². The summed E-state index contributed by atoms with van der Waals surface area (Å²) >= 11 is 1.19. The molecule has 0 radical (unpaired) electrons. The van der Waals surface area contributed by atoms with Crippen molar-refractivity contribution in [2.45, 2.75) is 36.7 Å². The molecule has 10 heteroatoms. The number of aryl methyl sites for hydroxylation is 2. The number of imidazole rings is 1. The highest BCUT2D eigenvalue weighted by molar-refractivity contribution is 7.91. The number of sulfonamides is 1. The molecule has 1 atom stereocenters. The number of alkyl halides is 3. The topological polar surface area (TPSA) is 64.0 Å². The maximum absolute atomic E-state index is 12.7. The van der Waals surface area contributed by atoms with Gasteiger partial charge in [-0.15, -0.1) is 11.3 Å². The molecule has 3 heterocycles. The Morgan fingerprint density at radius 2 is 2.17 bits per heavy atom. The van der Waals surface area contributed by atoms with Gasteiger partial charge in [0.1, 0.15) is 10.0 Å². The van der Waals surface area contributed by atoms with Gasteiger partial charge in [0.2, 0.25) is 10.0 Å². The van der Waals surface area contributed by atoms with Gasteiger partial charge in [0.25, 0.3) is 0 Å². The molecule has 1 aliphatic rings. The molecule has 0 amide bonds. The third kappa shape index (κ3) is 3.65. The second-order valence-electron chi connectivity index (χ2n) is 5.81. The Hall–Kier alpha value is -1.39. The van der Waals surface area contributed by atoms with E-state index in [0.717, 1.165) is 11.1 Å². The number of nitrogens with zero attached hydrogens (tertiary/aromatic N) is 2. The first-order valence-electron chi connectivity index (χ1n) is 7.34. The first kappa shape index (κ1) is 17.4. The Morgan fingerprint density at radius 1 is 1.42 bits per heavy atom. The van der Waals surface area contributed by atoms with Crippen LogP contribution in [0.25, 0.3) is 0 Å². The van der Waals surface area contributed by atoms with Gasteiger partial charge in [-0.2, -0.15) is 13.2 Å². The van der Waals surface area contributed by atoms with Crippen molar-refractivity contribution in [3.63, 3.8) is 0 Å². The van der Waals surface area contributed by atoms with Crippen LogP contribution in [0.5, 0.6) is 0 Å². The zero-order valence-corrected chi connectivity index (χ0v) is 14.4. The summed E-state index contributed by atoms with van der Waals surface area (Å²) in [5, 5.41) is 0. The van der Waals surface area contributed by atoms with Crippen LogP contribution in [-0.2, 0) is 29.2 Å². The van der Waals surface area contributed by atoms with Gasteiger partial charge in [-0.05, 0) is 31.4 Å². The minimum Gasteiger partial charge on any atom is -0.334 e. The molecule has 0 aromatic carbocycles. The number of fused-ring (bicyclic) bond motifs is 1. The average molecular weight is 379 g/mol. The van der Waals surface area contributed by atoms with E-state index in [1.165, 1.54) is 15.9 Å². The fourth-order valence-corrected chi connectivity index (χ4v) is 5.12. The standard InChI is InChI=1S/C14H16F3N3O2S2/c1-9-2-5-13(23-9)24(21,22)18-6-10-3-4-12-19-11(14(15,16)17)8-20(12)7-10/h2,5,8,10,18H,3-4,6-7H2,1H3/t10-/m1/s1. The van der Waals surface area contributed by atoms with Crippen molar-refractivity contribution in [1.82, 2.24) is 14.3 Å². The van der Waals surface area contributed by atoms with E-state index in [9.17, 15) is 21.6 Å². The fraction of sp³-hybridized carbons (Fsp3) is 0.500. The van der Waals surface area contributed by atoms with Crippen molar-refractivity contribution < 1.29 is 21.6 Å². The van der Waals surface area contributed by atoms with Crippen LogP contribution in [0.4, 0.5) is 13.2 Å². The molecule has 1 N–H and O–H groups in total. The van der Waals surface area contributed by atoms with Crippen LogP contribution in [-0.4, -0.2) is 24.5 Å². The van der Waals surface area contributed by atoms with E-state index >= 15 is 0 Å². The van der Waals surface area contributed by atoms with Crippen LogP contribution in [0.15, 0.2) is 22.5 Å². The van der Waals surface area contributed by atoms with E-state index in [2.05, 4.69) is 9.71 Å². The predicted octanol–water partition coefficient (Wildman–Crippen LogP) is 2.81. The second-order valence-corrected chi connectivity index (χ2v) is 9.10. The highest BCUT2D eigenvalue weighted by atomic mass is 32.2. The molecule has 3 rings (SSSR count).